The molecular weight excluding hydrogens is 218 g/mol. The molecule has 0 saturated heterocycles. The van der Waals surface area contributed by atoms with Gasteiger partial charge < -0.3 is 10.6 Å². The first-order valence-corrected chi connectivity index (χ1v) is 6.40. The molecule has 0 amide bonds. The molecule has 2 aromatic heterocycles. The van der Waals surface area contributed by atoms with Crippen molar-refractivity contribution in [1.29, 1.82) is 0 Å². The molecule has 2 N–H and O–H groups in total. The summed E-state index contributed by atoms with van der Waals surface area (Å²) in [6, 6.07) is 4.18. The second kappa shape index (κ2) is 5.27. The summed E-state index contributed by atoms with van der Waals surface area (Å²) >= 11 is 1.75. The van der Waals surface area contributed by atoms with E-state index in [-0.39, 0.29) is 0 Å². The monoisotopic (exact) mass is 235 g/mol. The zero-order valence-corrected chi connectivity index (χ0v) is 10.5. The molecule has 0 aromatic carbocycles. The van der Waals surface area contributed by atoms with Gasteiger partial charge in [0.15, 0.2) is 0 Å². The molecule has 2 rings (SSSR count). The standard InChI is InChI=1S/C12H17N3S/c1-9(7-13-2)8-15-12-10-4-6-16-11(10)3-5-14-12/h3-6,9,13H,7-8H2,1-2H3,(H,14,15). The Morgan fingerprint density at radius 1 is 1.38 bits per heavy atom. The number of nitrogens with zero attached hydrogens (tertiary/aromatic N) is 1. The van der Waals surface area contributed by atoms with Crippen molar-refractivity contribution >= 4 is 27.2 Å². The highest BCUT2D eigenvalue weighted by Gasteiger charge is 2.05. The van der Waals surface area contributed by atoms with Crippen molar-refractivity contribution in [3.63, 3.8) is 0 Å². The number of aromatic nitrogens is 1. The predicted molar refractivity (Wildman–Crippen MR) is 71.2 cm³/mol. The van der Waals surface area contributed by atoms with E-state index in [1.54, 1.807) is 11.3 Å². The fourth-order valence-electron chi connectivity index (χ4n) is 1.73. The Morgan fingerprint density at radius 3 is 3.06 bits per heavy atom. The average Bonchev–Trinajstić information content (AvgIpc) is 2.75. The van der Waals surface area contributed by atoms with Crippen LogP contribution in [0.5, 0.6) is 0 Å². The van der Waals surface area contributed by atoms with Gasteiger partial charge in [-0.3, -0.25) is 0 Å². The second-order valence-electron chi connectivity index (χ2n) is 4.04. The van der Waals surface area contributed by atoms with E-state index in [1.165, 1.54) is 10.1 Å². The molecule has 0 saturated carbocycles. The number of nitrogens with one attached hydrogen (secondary N) is 2. The molecule has 0 spiro atoms. The van der Waals surface area contributed by atoms with Gasteiger partial charge in [0.05, 0.1) is 0 Å². The summed E-state index contributed by atoms with van der Waals surface area (Å²) in [5.74, 6) is 1.60. The lowest BCUT2D eigenvalue weighted by Crippen LogP contribution is -2.23. The van der Waals surface area contributed by atoms with Crippen molar-refractivity contribution in [3.05, 3.63) is 23.7 Å². The number of anilines is 1. The molecule has 1 unspecified atom stereocenters. The maximum Gasteiger partial charge on any atom is 0.134 e. The average molecular weight is 235 g/mol. The summed E-state index contributed by atoms with van der Waals surface area (Å²) in [5.41, 5.74) is 0. The van der Waals surface area contributed by atoms with Crippen molar-refractivity contribution in [1.82, 2.24) is 10.3 Å². The zero-order valence-electron chi connectivity index (χ0n) is 9.66. The lowest BCUT2D eigenvalue weighted by atomic mass is 10.2. The molecule has 0 bridgehead atoms. The quantitative estimate of drug-likeness (QED) is 0.836. The normalized spacial score (nSPS) is 12.9. The molecule has 0 radical (unpaired) electrons. The highest BCUT2D eigenvalue weighted by atomic mass is 32.1. The van der Waals surface area contributed by atoms with Gasteiger partial charge in [-0.05, 0) is 37.0 Å². The molecule has 0 aliphatic heterocycles. The maximum absolute atomic E-state index is 4.39. The van der Waals surface area contributed by atoms with Gasteiger partial charge in [0, 0.05) is 22.8 Å². The van der Waals surface area contributed by atoms with Gasteiger partial charge in [0.2, 0.25) is 0 Å². The van der Waals surface area contributed by atoms with Gasteiger partial charge in [-0.25, -0.2) is 4.98 Å². The predicted octanol–water partition coefficient (Wildman–Crippen LogP) is 2.56. The lowest BCUT2D eigenvalue weighted by molar-refractivity contribution is 0.569. The van der Waals surface area contributed by atoms with Crippen LogP contribution in [-0.4, -0.2) is 25.1 Å². The number of pyridine rings is 1. The minimum Gasteiger partial charge on any atom is -0.369 e. The highest BCUT2D eigenvalue weighted by molar-refractivity contribution is 7.17. The molecule has 86 valence electrons. The Bertz CT molecular complexity index is 452. The van der Waals surface area contributed by atoms with Gasteiger partial charge in [0.1, 0.15) is 5.82 Å². The van der Waals surface area contributed by atoms with E-state index in [0.717, 1.165) is 18.9 Å². The van der Waals surface area contributed by atoms with Crippen LogP contribution in [0.25, 0.3) is 10.1 Å². The molecule has 1 atom stereocenters. The minimum atomic E-state index is 0.598. The Morgan fingerprint density at radius 2 is 2.25 bits per heavy atom. The number of fused-ring (bicyclic) bond motifs is 1. The summed E-state index contributed by atoms with van der Waals surface area (Å²) in [6.07, 6.45) is 1.86. The summed E-state index contributed by atoms with van der Waals surface area (Å²) in [4.78, 5) is 4.39. The van der Waals surface area contributed by atoms with Crippen LogP contribution in [0.2, 0.25) is 0 Å². The van der Waals surface area contributed by atoms with Gasteiger partial charge in [0.25, 0.3) is 0 Å². The van der Waals surface area contributed by atoms with Crippen LogP contribution in [0.4, 0.5) is 5.82 Å². The number of rotatable bonds is 5. The highest BCUT2D eigenvalue weighted by Crippen LogP contribution is 2.25. The third-order valence-corrected chi connectivity index (χ3v) is 3.43. The minimum absolute atomic E-state index is 0.598. The number of hydrogen-bond acceptors (Lipinski definition) is 4. The Kier molecular flexibility index (Phi) is 3.74. The Hall–Kier alpha value is -1.13. The summed E-state index contributed by atoms with van der Waals surface area (Å²) < 4.78 is 1.29. The van der Waals surface area contributed by atoms with E-state index in [4.69, 9.17) is 0 Å². The van der Waals surface area contributed by atoms with Crippen LogP contribution in [0.3, 0.4) is 0 Å². The molecule has 0 aliphatic carbocycles. The third kappa shape index (κ3) is 2.51. The van der Waals surface area contributed by atoms with E-state index in [9.17, 15) is 0 Å². The summed E-state index contributed by atoms with van der Waals surface area (Å²) in [7, 11) is 1.98. The first-order chi connectivity index (χ1) is 7.81. The molecule has 4 heteroatoms. The molecule has 2 aromatic rings. The Labute approximate surface area is 99.9 Å². The third-order valence-electron chi connectivity index (χ3n) is 2.55. The summed E-state index contributed by atoms with van der Waals surface area (Å²) in [5, 5.41) is 9.92. The van der Waals surface area contributed by atoms with E-state index in [2.05, 4.69) is 40.1 Å². The SMILES string of the molecule is CNCC(C)CNc1nccc2sccc12. The van der Waals surface area contributed by atoms with Gasteiger partial charge in [-0.2, -0.15) is 0 Å². The smallest absolute Gasteiger partial charge is 0.134 e. The fourth-order valence-corrected chi connectivity index (χ4v) is 2.51. The van der Waals surface area contributed by atoms with Crippen LogP contribution in [-0.2, 0) is 0 Å². The van der Waals surface area contributed by atoms with Crippen molar-refractivity contribution in [2.75, 3.05) is 25.5 Å². The van der Waals surface area contributed by atoms with Crippen LogP contribution in [0, 0.1) is 5.92 Å². The zero-order chi connectivity index (χ0) is 11.4. The van der Waals surface area contributed by atoms with E-state index < -0.39 is 0 Å². The van der Waals surface area contributed by atoms with Crippen LogP contribution >= 0.6 is 11.3 Å². The molecular formula is C12H17N3S. The lowest BCUT2D eigenvalue weighted by Gasteiger charge is -2.12. The van der Waals surface area contributed by atoms with E-state index >= 15 is 0 Å². The Balaban J connectivity index is 2.06. The van der Waals surface area contributed by atoms with Gasteiger partial charge in [-0.1, -0.05) is 6.92 Å². The summed E-state index contributed by atoms with van der Waals surface area (Å²) in [6.45, 7) is 4.19. The van der Waals surface area contributed by atoms with Crippen molar-refractivity contribution < 1.29 is 0 Å². The topological polar surface area (TPSA) is 37.0 Å². The largest absolute Gasteiger partial charge is 0.369 e. The maximum atomic E-state index is 4.39. The van der Waals surface area contributed by atoms with Gasteiger partial charge in [-0.15, -0.1) is 11.3 Å². The molecule has 16 heavy (non-hydrogen) atoms. The molecule has 0 aliphatic rings. The van der Waals surface area contributed by atoms with Crippen molar-refractivity contribution in [2.45, 2.75) is 6.92 Å². The van der Waals surface area contributed by atoms with Crippen LogP contribution < -0.4 is 10.6 Å². The van der Waals surface area contributed by atoms with Crippen molar-refractivity contribution in [2.24, 2.45) is 5.92 Å². The number of thiophene rings is 1. The number of hydrogen-bond donors (Lipinski definition) is 2. The van der Waals surface area contributed by atoms with E-state index in [1.807, 2.05) is 13.2 Å². The molecule has 0 fully saturated rings. The van der Waals surface area contributed by atoms with Crippen LogP contribution in [0.1, 0.15) is 6.92 Å². The fraction of sp³-hybridized carbons (Fsp3) is 0.417. The van der Waals surface area contributed by atoms with Crippen molar-refractivity contribution in [3.8, 4) is 0 Å². The molecule has 2 heterocycles. The first-order valence-electron chi connectivity index (χ1n) is 5.52. The van der Waals surface area contributed by atoms with Gasteiger partial charge >= 0.3 is 0 Å². The molecule has 3 nitrogen and oxygen atoms in total. The van der Waals surface area contributed by atoms with Crippen LogP contribution in [0.15, 0.2) is 23.7 Å². The van der Waals surface area contributed by atoms with E-state index in [0.29, 0.717) is 5.92 Å². The first kappa shape index (κ1) is 11.4. The second-order valence-corrected chi connectivity index (χ2v) is 4.98.